The van der Waals surface area contributed by atoms with Crippen molar-refractivity contribution in [2.75, 3.05) is 0 Å². The highest BCUT2D eigenvalue weighted by Gasteiger charge is 2.16. The van der Waals surface area contributed by atoms with E-state index in [1.54, 1.807) is 0 Å². The molecule has 0 spiro atoms. The van der Waals surface area contributed by atoms with Crippen molar-refractivity contribution in [3.05, 3.63) is 67.3 Å². The van der Waals surface area contributed by atoms with Crippen LogP contribution in [-0.2, 0) is 7.05 Å². The Labute approximate surface area is 106 Å². The maximum atomic E-state index is 4.41. The van der Waals surface area contributed by atoms with Crippen molar-refractivity contribution >= 4 is 0 Å². The van der Waals surface area contributed by atoms with Crippen LogP contribution in [0.5, 0.6) is 0 Å². The lowest BCUT2D eigenvalue weighted by Crippen LogP contribution is -2.23. The van der Waals surface area contributed by atoms with Crippen LogP contribution in [0, 0.1) is 0 Å². The minimum Gasteiger partial charge on any atom is -0.252 e. The van der Waals surface area contributed by atoms with Crippen LogP contribution in [0.4, 0.5) is 0 Å². The first kappa shape index (κ1) is 10.7. The van der Waals surface area contributed by atoms with Crippen LogP contribution in [0.15, 0.2) is 67.3 Å². The van der Waals surface area contributed by atoms with Crippen molar-refractivity contribution in [1.29, 1.82) is 0 Å². The molecule has 2 aromatic heterocycles. The van der Waals surface area contributed by atoms with E-state index in [2.05, 4.69) is 34.2 Å². The highest BCUT2D eigenvalue weighted by molar-refractivity contribution is 5.56. The Morgan fingerprint density at radius 2 is 1.78 bits per heavy atom. The van der Waals surface area contributed by atoms with Crippen molar-refractivity contribution in [3.8, 4) is 17.1 Å². The predicted molar refractivity (Wildman–Crippen MR) is 70.2 cm³/mol. The highest BCUT2D eigenvalue weighted by Crippen LogP contribution is 2.19. The summed E-state index contributed by atoms with van der Waals surface area (Å²) in [7, 11) is 2.02. The smallest absolute Gasteiger partial charge is 0.249 e. The molecule has 88 valence electrons. The second-order valence-corrected chi connectivity index (χ2v) is 4.22. The number of nitrogens with zero attached hydrogens (tertiary/aromatic N) is 3. The third-order valence-electron chi connectivity index (χ3n) is 2.84. The zero-order valence-corrected chi connectivity index (χ0v) is 10.2. The van der Waals surface area contributed by atoms with E-state index < -0.39 is 0 Å². The van der Waals surface area contributed by atoms with Gasteiger partial charge in [-0.05, 0) is 24.3 Å². The fourth-order valence-corrected chi connectivity index (χ4v) is 2.03. The molecule has 0 aliphatic carbocycles. The molecule has 0 unspecified atom stereocenters. The van der Waals surface area contributed by atoms with Gasteiger partial charge in [0.1, 0.15) is 17.6 Å². The predicted octanol–water partition coefficient (Wildman–Crippen LogP) is 2.36. The molecule has 0 N–H and O–H groups in total. The maximum Gasteiger partial charge on any atom is 0.249 e. The molecule has 0 atom stereocenters. The fraction of sp³-hybridized carbons (Fsp3) is 0.0667. The van der Waals surface area contributed by atoms with E-state index in [0.29, 0.717) is 0 Å². The topological polar surface area (TPSA) is 21.7 Å². The van der Waals surface area contributed by atoms with Crippen molar-refractivity contribution in [2.24, 2.45) is 7.05 Å². The number of aryl methyl sites for hydroxylation is 1. The SMILES string of the molecule is C[n+]1cc(-c2ccccn2)n(-c2ccccc2)c1. The zero-order valence-electron chi connectivity index (χ0n) is 10.2. The highest BCUT2D eigenvalue weighted by atomic mass is 15.1. The van der Waals surface area contributed by atoms with Gasteiger partial charge in [-0.15, -0.1) is 0 Å². The first-order valence-electron chi connectivity index (χ1n) is 5.89. The van der Waals surface area contributed by atoms with Crippen molar-refractivity contribution in [3.63, 3.8) is 0 Å². The monoisotopic (exact) mass is 236 g/mol. The number of rotatable bonds is 2. The number of hydrogen-bond donors (Lipinski definition) is 0. The summed E-state index contributed by atoms with van der Waals surface area (Å²) < 4.78 is 4.18. The molecule has 3 rings (SSSR count). The van der Waals surface area contributed by atoms with E-state index in [4.69, 9.17) is 0 Å². The van der Waals surface area contributed by atoms with Crippen LogP contribution in [0.3, 0.4) is 0 Å². The van der Waals surface area contributed by atoms with E-state index in [0.717, 1.165) is 17.1 Å². The van der Waals surface area contributed by atoms with Gasteiger partial charge in [0.15, 0.2) is 5.69 Å². The largest absolute Gasteiger partial charge is 0.252 e. The molecule has 18 heavy (non-hydrogen) atoms. The van der Waals surface area contributed by atoms with Crippen LogP contribution < -0.4 is 4.57 Å². The molecule has 3 aromatic rings. The summed E-state index contributed by atoms with van der Waals surface area (Å²) in [4.78, 5) is 4.41. The van der Waals surface area contributed by atoms with Crippen LogP contribution >= 0.6 is 0 Å². The molecule has 0 saturated carbocycles. The molecule has 0 saturated heterocycles. The molecular weight excluding hydrogens is 222 g/mol. The molecule has 2 heterocycles. The summed E-state index contributed by atoms with van der Waals surface area (Å²) in [5, 5.41) is 0. The second kappa shape index (κ2) is 4.45. The summed E-state index contributed by atoms with van der Waals surface area (Å²) >= 11 is 0. The van der Waals surface area contributed by atoms with Gasteiger partial charge in [0.2, 0.25) is 6.33 Å². The van der Waals surface area contributed by atoms with Crippen molar-refractivity contribution < 1.29 is 4.57 Å². The summed E-state index contributed by atoms with van der Waals surface area (Å²) in [6.07, 6.45) is 5.95. The number of imidazole rings is 1. The van der Waals surface area contributed by atoms with Crippen molar-refractivity contribution in [1.82, 2.24) is 9.55 Å². The lowest BCUT2D eigenvalue weighted by atomic mass is 10.2. The third-order valence-corrected chi connectivity index (χ3v) is 2.84. The van der Waals surface area contributed by atoms with Gasteiger partial charge in [-0.25, -0.2) is 4.57 Å². The van der Waals surface area contributed by atoms with Crippen LogP contribution in [-0.4, -0.2) is 9.55 Å². The van der Waals surface area contributed by atoms with Gasteiger partial charge in [-0.1, -0.05) is 24.3 Å². The summed E-state index contributed by atoms with van der Waals surface area (Å²) in [6, 6.07) is 16.2. The first-order valence-corrected chi connectivity index (χ1v) is 5.89. The Kier molecular flexibility index (Phi) is 2.65. The second-order valence-electron chi connectivity index (χ2n) is 4.22. The Morgan fingerprint density at radius 1 is 1.00 bits per heavy atom. The average molecular weight is 236 g/mol. The summed E-state index contributed by atoms with van der Waals surface area (Å²) in [6.45, 7) is 0. The molecule has 0 radical (unpaired) electrons. The van der Waals surface area contributed by atoms with Gasteiger partial charge in [-0.3, -0.25) is 4.98 Å². The van der Waals surface area contributed by atoms with Crippen LogP contribution in [0.2, 0.25) is 0 Å². The van der Waals surface area contributed by atoms with Crippen molar-refractivity contribution in [2.45, 2.75) is 0 Å². The van der Waals surface area contributed by atoms with Crippen LogP contribution in [0.25, 0.3) is 17.1 Å². The van der Waals surface area contributed by atoms with E-state index in [9.17, 15) is 0 Å². The molecule has 0 bridgehead atoms. The fourth-order valence-electron chi connectivity index (χ4n) is 2.03. The Morgan fingerprint density at radius 3 is 2.50 bits per heavy atom. The molecule has 0 aliphatic heterocycles. The zero-order chi connectivity index (χ0) is 12.4. The normalized spacial score (nSPS) is 10.5. The van der Waals surface area contributed by atoms with Gasteiger partial charge < -0.3 is 0 Å². The number of aromatic nitrogens is 3. The third kappa shape index (κ3) is 1.91. The van der Waals surface area contributed by atoms with E-state index in [-0.39, 0.29) is 0 Å². The molecule has 0 amide bonds. The number of pyridine rings is 1. The summed E-state index contributed by atoms with van der Waals surface area (Å²) in [5.41, 5.74) is 3.20. The number of hydrogen-bond acceptors (Lipinski definition) is 1. The van der Waals surface area contributed by atoms with Crippen LogP contribution in [0.1, 0.15) is 0 Å². The molecule has 3 nitrogen and oxygen atoms in total. The molecule has 1 aromatic carbocycles. The molecule has 3 heteroatoms. The van der Waals surface area contributed by atoms with Gasteiger partial charge >= 0.3 is 0 Å². The molecule has 0 fully saturated rings. The Bertz CT molecular complexity index is 585. The van der Waals surface area contributed by atoms with Gasteiger partial charge in [0.25, 0.3) is 0 Å². The number of benzene rings is 1. The quantitative estimate of drug-likeness (QED) is 0.626. The lowest BCUT2D eigenvalue weighted by molar-refractivity contribution is -0.670. The first-order chi connectivity index (χ1) is 8.84. The summed E-state index contributed by atoms with van der Waals surface area (Å²) in [5.74, 6) is 0. The maximum absolute atomic E-state index is 4.41. The Hall–Kier alpha value is -2.42. The van der Waals surface area contributed by atoms with Gasteiger partial charge in [0.05, 0.1) is 7.05 Å². The van der Waals surface area contributed by atoms with E-state index in [1.165, 1.54) is 0 Å². The molecular formula is C15H14N3+. The molecule has 0 aliphatic rings. The number of para-hydroxylation sites is 1. The van der Waals surface area contributed by atoms with E-state index >= 15 is 0 Å². The minimum atomic E-state index is 0.974. The van der Waals surface area contributed by atoms with Gasteiger partial charge in [-0.2, -0.15) is 4.57 Å². The Balaban J connectivity index is 2.17. The van der Waals surface area contributed by atoms with E-state index in [1.807, 2.05) is 54.2 Å². The lowest BCUT2D eigenvalue weighted by Gasteiger charge is -2.00. The average Bonchev–Trinajstić information content (AvgIpc) is 2.83. The van der Waals surface area contributed by atoms with Gasteiger partial charge in [0, 0.05) is 6.20 Å². The minimum absolute atomic E-state index is 0.974. The standard InChI is InChI=1S/C15H14N3/c1-17-11-15(14-9-5-6-10-16-14)18(12-17)13-7-3-2-4-8-13/h2-12H,1H3/q+1.